The lowest BCUT2D eigenvalue weighted by Gasteiger charge is -2.23. The molecular weight excluding hydrogens is 286 g/mol. The van der Waals surface area contributed by atoms with E-state index in [0.29, 0.717) is 18.3 Å². The fraction of sp³-hybridized carbons (Fsp3) is 0.263. The van der Waals surface area contributed by atoms with Gasteiger partial charge in [-0.05, 0) is 44.5 Å². The van der Waals surface area contributed by atoms with E-state index in [2.05, 4.69) is 54.1 Å². The Kier molecular flexibility index (Phi) is 4.42. The summed E-state index contributed by atoms with van der Waals surface area (Å²) in [6.07, 6.45) is 0. The molecule has 0 bridgehead atoms. The highest BCUT2D eigenvalue weighted by Crippen LogP contribution is 2.24. The van der Waals surface area contributed by atoms with Gasteiger partial charge in [0.1, 0.15) is 0 Å². The summed E-state index contributed by atoms with van der Waals surface area (Å²) in [7, 11) is 0. The molecule has 118 valence electrons. The van der Waals surface area contributed by atoms with Crippen LogP contribution in [0.2, 0.25) is 0 Å². The average Bonchev–Trinajstić information content (AvgIpc) is 3.03. The molecule has 0 radical (unpaired) electrons. The molecule has 0 unspecified atom stereocenters. The van der Waals surface area contributed by atoms with E-state index in [1.165, 1.54) is 16.8 Å². The van der Waals surface area contributed by atoms with Gasteiger partial charge in [0.25, 0.3) is 0 Å². The second kappa shape index (κ2) is 6.65. The lowest BCUT2D eigenvalue weighted by molar-refractivity contribution is 0.499. The summed E-state index contributed by atoms with van der Waals surface area (Å²) >= 11 is 0. The van der Waals surface area contributed by atoms with Gasteiger partial charge in [-0.3, -0.25) is 0 Å². The van der Waals surface area contributed by atoms with Crippen LogP contribution in [0.4, 0.5) is 5.69 Å². The average molecular weight is 307 g/mol. The zero-order valence-electron chi connectivity index (χ0n) is 13.8. The fourth-order valence-corrected chi connectivity index (χ4v) is 2.71. The maximum atomic E-state index is 5.82. The second-order valence-corrected chi connectivity index (χ2v) is 5.67. The zero-order chi connectivity index (χ0) is 16.2. The van der Waals surface area contributed by atoms with Crippen LogP contribution in [0.3, 0.4) is 0 Å². The van der Waals surface area contributed by atoms with Crippen molar-refractivity contribution in [1.29, 1.82) is 0 Å². The smallest absolute Gasteiger partial charge is 0.247 e. The van der Waals surface area contributed by atoms with Crippen molar-refractivity contribution in [2.45, 2.75) is 27.3 Å². The summed E-state index contributed by atoms with van der Waals surface area (Å²) in [5.74, 6) is 1.20. The Hall–Kier alpha value is -2.62. The van der Waals surface area contributed by atoms with Crippen molar-refractivity contribution >= 4 is 5.69 Å². The largest absolute Gasteiger partial charge is 0.419 e. The van der Waals surface area contributed by atoms with E-state index >= 15 is 0 Å². The number of anilines is 1. The van der Waals surface area contributed by atoms with Gasteiger partial charge in [-0.15, -0.1) is 10.2 Å². The topological polar surface area (TPSA) is 42.2 Å². The van der Waals surface area contributed by atoms with E-state index in [9.17, 15) is 0 Å². The molecule has 3 aromatic rings. The molecule has 3 rings (SSSR count). The van der Waals surface area contributed by atoms with E-state index in [4.69, 9.17) is 4.42 Å². The summed E-state index contributed by atoms with van der Waals surface area (Å²) in [5.41, 5.74) is 4.68. The van der Waals surface area contributed by atoms with Crippen molar-refractivity contribution in [2.75, 3.05) is 11.4 Å². The molecule has 0 aliphatic heterocycles. The first-order chi connectivity index (χ1) is 11.2. The number of aromatic nitrogens is 2. The van der Waals surface area contributed by atoms with Crippen LogP contribution in [-0.4, -0.2) is 16.7 Å². The van der Waals surface area contributed by atoms with Crippen LogP contribution in [0.15, 0.2) is 52.9 Å². The molecule has 0 amide bonds. The van der Waals surface area contributed by atoms with Gasteiger partial charge in [-0.25, -0.2) is 0 Å². The van der Waals surface area contributed by atoms with Crippen LogP contribution in [0.25, 0.3) is 11.5 Å². The lowest BCUT2D eigenvalue weighted by Crippen LogP contribution is -2.23. The maximum absolute atomic E-state index is 5.82. The number of benzene rings is 2. The highest BCUT2D eigenvalue weighted by Gasteiger charge is 2.13. The minimum atomic E-state index is 0.567. The molecule has 0 fully saturated rings. The second-order valence-electron chi connectivity index (χ2n) is 5.67. The van der Waals surface area contributed by atoms with E-state index in [0.717, 1.165) is 12.1 Å². The van der Waals surface area contributed by atoms with Crippen molar-refractivity contribution in [1.82, 2.24) is 10.2 Å². The molecule has 2 aromatic carbocycles. The van der Waals surface area contributed by atoms with E-state index in [-0.39, 0.29) is 0 Å². The van der Waals surface area contributed by atoms with Crippen LogP contribution in [0.5, 0.6) is 0 Å². The molecule has 0 saturated carbocycles. The number of aryl methyl sites for hydroxylation is 2. The SMILES string of the molecule is CCN(Cc1nnc(-c2ccccc2)o1)c1ccc(C)cc1C. The van der Waals surface area contributed by atoms with Gasteiger partial charge in [-0.1, -0.05) is 35.9 Å². The van der Waals surface area contributed by atoms with Gasteiger partial charge in [0.05, 0.1) is 6.54 Å². The highest BCUT2D eigenvalue weighted by atomic mass is 16.4. The Morgan fingerprint density at radius 1 is 1.00 bits per heavy atom. The monoisotopic (exact) mass is 307 g/mol. The molecular formula is C19H21N3O. The standard InChI is InChI=1S/C19H21N3O/c1-4-22(17-11-10-14(2)12-15(17)3)13-18-20-21-19(23-18)16-8-6-5-7-9-16/h5-12H,4,13H2,1-3H3. The molecule has 4 heteroatoms. The lowest BCUT2D eigenvalue weighted by atomic mass is 10.1. The van der Waals surface area contributed by atoms with E-state index in [1.54, 1.807) is 0 Å². The Balaban J connectivity index is 1.81. The predicted molar refractivity (Wildman–Crippen MR) is 92.4 cm³/mol. The molecule has 0 aliphatic rings. The van der Waals surface area contributed by atoms with Gasteiger partial charge in [0.15, 0.2) is 0 Å². The summed E-state index contributed by atoms with van der Waals surface area (Å²) in [4.78, 5) is 2.25. The van der Waals surface area contributed by atoms with Crippen LogP contribution in [0.1, 0.15) is 23.9 Å². The van der Waals surface area contributed by atoms with Gasteiger partial charge in [0, 0.05) is 17.8 Å². The molecule has 0 atom stereocenters. The quantitative estimate of drug-likeness (QED) is 0.701. The van der Waals surface area contributed by atoms with Crippen molar-refractivity contribution in [3.63, 3.8) is 0 Å². The normalized spacial score (nSPS) is 10.7. The van der Waals surface area contributed by atoms with Crippen molar-refractivity contribution < 1.29 is 4.42 Å². The minimum absolute atomic E-state index is 0.567. The molecule has 0 aliphatic carbocycles. The Morgan fingerprint density at radius 3 is 2.48 bits per heavy atom. The van der Waals surface area contributed by atoms with Crippen LogP contribution >= 0.6 is 0 Å². The van der Waals surface area contributed by atoms with Gasteiger partial charge in [0.2, 0.25) is 11.8 Å². The summed E-state index contributed by atoms with van der Waals surface area (Å²) in [6.45, 7) is 7.87. The van der Waals surface area contributed by atoms with Crippen molar-refractivity contribution in [3.8, 4) is 11.5 Å². The molecule has 4 nitrogen and oxygen atoms in total. The minimum Gasteiger partial charge on any atom is -0.419 e. The molecule has 0 saturated heterocycles. The number of nitrogens with zero attached hydrogens (tertiary/aromatic N) is 3. The molecule has 0 spiro atoms. The summed E-state index contributed by atoms with van der Waals surface area (Å²) in [6, 6.07) is 16.3. The third-order valence-corrected chi connectivity index (χ3v) is 3.89. The summed E-state index contributed by atoms with van der Waals surface area (Å²) < 4.78 is 5.82. The van der Waals surface area contributed by atoms with Gasteiger partial charge < -0.3 is 9.32 Å². The van der Waals surface area contributed by atoms with E-state index in [1.807, 2.05) is 30.3 Å². The third kappa shape index (κ3) is 3.42. The molecule has 1 heterocycles. The van der Waals surface area contributed by atoms with Gasteiger partial charge in [-0.2, -0.15) is 0 Å². The van der Waals surface area contributed by atoms with Gasteiger partial charge >= 0.3 is 0 Å². The van der Waals surface area contributed by atoms with Crippen LogP contribution in [0, 0.1) is 13.8 Å². The first-order valence-electron chi connectivity index (χ1n) is 7.87. The Bertz CT molecular complexity index is 780. The van der Waals surface area contributed by atoms with Crippen LogP contribution in [-0.2, 0) is 6.54 Å². The molecule has 0 N–H and O–H groups in total. The van der Waals surface area contributed by atoms with Crippen LogP contribution < -0.4 is 4.90 Å². The van der Waals surface area contributed by atoms with E-state index < -0.39 is 0 Å². The molecule has 1 aromatic heterocycles. The van der Waals surface area contributed by atoms with Crippen molar-refractivity contribution in [3.05, 3.63) is 65.5 Å². The number of rotatable bonds is 5. The Morgan fingerprint density at radius 2 is 1.78 bits per heavy atom. The molecule has 23 heavy (non-hydrogen) atoms. The first-order valence-corrected chi connectivity index (χ1v) is 7.87. The predicted octanol–water partition coefficient (Wildman–Crippen LogP) is 4.38. The van der Waals surface area contributed by atoms with Crippen molar-refractivity contribution in [2.24, 2.45) is 0 Å². The number of hydrogen-bond acceptors (Lipinski definition) is 4. The first kappa shape index (κ1) is 15.3. The summed E-state index contributed by atoms with van der Waals surface area (Å²) in [5, 5.41) is 8.36. The number of hydrogen-bond donors (Lipinski definition) is 0. The zero-order valence-corrected chi connectivity index (χ0v) is 13.8. The maximum Gasteiger partial charge on any atom is 0.247 e. The Labute approximate surface area is 136 Å². The fourth-order valence-electron chi connectivity index (χ4n) is 2.71. The highest BCUT2D eigenvalue weighted by molar-refractivity contribution is 5.55. The third-order valence-electron chi connectivity index (χ3n) is 3.89.